The fraction of sp³-hybridized carbons (Fsp3) is 0.241. The van der Waals surface area contributed by atoms with Crippen molar-refractivity contribution in [3.8, 4) is 5.75 Å². The second-order valence-corrected chi connectivity index (χ2v) is 9.24. The molecule has 6 heteroatoms. The molecule has 0 N–H and O–H groups in total. The number of fused-ring (bicyclic) bond motifs is 2. The van der Waals surface area contributed by atoms with Gasteiger partial charge in [0.25, 0.3) is 5.91 Å². The molecule has 2 heterocycles. The van der Waals surface area contributed by atoms with Crippen LogP contribution in [0.2, 0.25) is 0 Å². The minimum Gasteiger partial charge on any atom is -0.494 e. The summed E-state index contributed by atoms with van der Waals surface area (Å²) in [5, 5.41) is 0.428. The standard InChI is InChI=1S/C29H26FNO4/c1-18(2)14-15-34-22-7-5-6-20(16-22)26-25-27(32)23-8-3-4-9-24(23)35-28(25)29(33)31(26)17-19-10-12-21(30)13-11-19/h3-13,16,18,26H,14-15,17H2,1-2H3. The fourth-order valence-electron chi connectivity index (χ4n) is 4.45. The summed E-state index contributed by atoms with van der Waals surface area (Å²) in [5.41, 5.74) is 1.96. The maximum absolute atomic E-state index is 13.6. The molecule has 1 aromatic heterocycles. The molecule has 0 fully saturated rings. The summed E-state index contributed by atoms with van der Waals surface area (Å²) in [6, 6.07) is 19.8. The van der Waals surface area contributed by atoms with Gasteiger partial charge in [-0.2, -0.15) is 0 Å². The smallest absolute Gasteiger partial charge is 0.291 e. The Kier molecular flexibility index (Phi) is 6.12. The van der Waals surface area contributed by atoms with Gasteiger partial charge in [-0.15, -0.1) is 0 Å². The number of hydrogen-bond donors (Lipinski definition) is 0. The van der Waals surface area contributed by atoms with E-state index in [0.717, 1.165) is 17.5 Å². The van der Waals surface area contributed by atoms with Crippen LogP contribution in [0.1, 0.15) is 53.6 Å². The Balaban J connectivity index is 1.61. The lowest BCUT2D eigenvalue weighted by Gasteiger charge is -2.25. The van der Waals surface area contributed by atoms with Crippen LogP contribution < -0.4 is 10.2 Å². The maximum atomic E-state index is 13.6. The summed E-state index contributed by atoms with van der Waals surface area (Å²) < 4.78 is 25.4. The van der Waals surface area contributed by atoms with Crippen molar-refractivity contribution in [3.05, 3.63) is 111 Å². The second-order valence-electron chi connectivity index (χ2n) is 9.24. The van der Waals surface area contributed by atoms with Gasteiger partial charge in [-0.25, -0.2) is 4.39 Å². The lowest BCUT2D eigenvalue weighted by molar-refractivity contribution is 0.0714. The van der Waals surface area contributed by atoms with Crippen molar-refractivity contribution in [1.82, 2.24) is 4.90 Å². The Morgan fingerprint density at radius 2 is 1.77 bits per heavy atom. The lowest BCUT2D eigenvalue weighted by Crippen LogP contribution is -2.29. The molecule has 5 rings (SSSR count). The van der Waals surface area contributed by atoms with Gasteiger partial charge in [0.05, 0.1) is 23.6 Å². The summed E-state index contributed by atoms with van der Waals surface area (Å²) in [6.45, 7) is 5.05. The van der Waals surface area contributed by atoms with E-state index in [1.54, 1.807) is 41.3 Å². The zero-order chi connectivity index (χ0) is 24.5. The molecule has 0 bridgehead atoms. The molecule has 5 nitrogen and oxygen atoms in total. The van der Waals surface area contributed by atoms with Crippen molar-refractivity contribution in [2.45, 2.75) is 32.9 Å². The van der Waals surface area contributed by atoms with Gasteiger partial charge in [0.2, 0.25) is 5.76 Å². The number of nitrogens with zero attached hydrogens (tertiary/aromatic N) is 1. The molecule has 178 valence electrons. The van der Waals surface area contributed by atoms with Crippen LogP contribution in [0.3, 0.4) is 0 Å². The normalized spacial score (nSPS) is 15.1. The van der Waals surface area contributed by atoms with E-state index in [4.69, 9.17) is 9.15 Å². The largest absolute Gasteiger partial charge is 0.494 e. The van der Waals surface area contributed by atoms with Gasteiger partial charge >= 0.3 is 0 Å². The van der Waals surface area contributed by atoms with Gasteiger partial charge in [0.1, 0.15) is 17.1 Å². The van der Waals surface area contributed by atoms with Crippen molar-refractivity contribution in [2.24, 2.45) is 5.92 Å². The molecule has 1 aliphatic rings. The predicted molar refractivity (Wildman–Crippen MR) is 132 cm³/mol. The number of benzene rings is 3. The van der Waals surface area contributed by atoms with Crippen LogP contribution in [0.5, 0.6) is 5.75 Å². The van der Waals surface area contributed by atoms with E-state index in [1.807, 2.05) is 24.3 Å². The Bertz CT molecular complexity index is 1440. The Morgan fingerprint density at radius 1 is 1.00 bits per heavy atom. The number of ether oxygens (including phenoxy) is 1. The van der Waals surface area contributed by atoms with E-state index in [9.17, 15) is 14.0 Å². The molecule has 1 aliphatic heterocycles. The highest BCUT2D eigenvalue weighted by Crippen LogP contribution is 2.40. The summed E-state index contributed by atoms with van der Waals surface area (Å²) in [6.07, 6.45) is 0.918. The highest BCUT2D eigenvalue weighted by Gasteiger charge is 2.42. The van der Waals surface area contributed by atoms with Crippen LogP contribution in [0.25, 0.3) is 11.0 Å². The van der Waals surface area contributed by atoms with Gasteiger partial charge in [-0.1, -0.05) is 50.2 Å². The average molecular weight is 472 g/mol. The van der Waals surface area contributed by atoms with E-state index in [2.05, 4.69) is 13.8 Å². The zero-order valence-corrected chi connectivity index (χ0v) is 19.7. The quantitative estimate of drug-likeness (QED) is 0.327. The topological polar surface area (TPSA) is 59.8 Å². The van der Waals surface area contributed by atoms with Crippen LogP contribution in [-0.4, -0.2) is 17.4 Å². The molecule has 35 heavy (non-hydrogen) atoms. The molecule has 4 aromatic rings. The van der Waals surface area contributed by atoms with Gasteiger partial charge in [-0.05, 0) is 59.9 Å². The van der Waals surface area contributed by atoms with Crippen LogP contribution >= 0.6 is 0 Å². The molecule has 0 spiro atoms. The third kappa shape index (κ3) is 4.44. The van der Waals surface area contributed by atoms with Gasteiger partial charge in [0, 0.05) is 6.54 Å². The van der Waals surface area contributed by atoms with Crippen molar-refractivity contribution in [2.75, 3.05) is 6.61 Å². The molecule has 0 saturated carbocycles. The van der Waals surface area contributed by atoms with Crippen LogP contribution in [0.15, 0.2) is 82.0 Å². The van der Waals surface area contributed by atoms with E-state index < -0.39 is 6.04 Å². The minimum absolute atomic E-state index is 0.0481. The number of carbonyl (C=O) groups excluding carboxylic acids is 1. The number of hydrogen-bond acceptors (Lipinski definition) is 4. The first-order valence-electron chi connectivity index (χ1n) is 11.8. The summed E-state index contributed by atoms with van der Waals surface area (Å²) in [4.78, 5) is 28.8. The molecule has 0 saturated heterocycles. The Hall–Kier alpha value is -3.93. The molecular formula is C29H26FNO4. The molecular weight excluding hydrogens is 445 g/mol. The molecule has 1 unspecified atom stereocenters. The van der Waals surface area contributed by atoms with Crippen molar-refractivity contribution in [3.63, 3.8) is 0 Å². The fourth-order valence-corrected chi connectivity index (χ4v) is 4.45. The lowest BCUT2D eigenvalue weighted by atomic mass is 9.98. The Morgan fingerprint density at radius 3 is 2.54 bits per heavy atom. The summed E-state index contributed by atoms with van der Waals surface area (Å²) in [7, 11) is 0. The molecule has 0 radical (unpaired) electrons. The first-order chi connectivity index (χ1) is 16.9. The first kappa shape index (κ1) is 22.8. The predicted octanol–water partition coefficient (Wildman–Crippen LogP) is 6.10. The third-order valence-corrected chi connectivity index (χ3v) is 6.28. The summed E-state index contributed by atoms with van der Waals surface area (Å²) >= 11 is 0. The van der Waals surface area contributed by atoms with Crippen molar-refractivity contribution in [1.29, 1.82) is 0 Å². The van der Waals surface area contributed by atoms with Gasteiger partial charge in [-0.3, -0.25) is 9.59 Å². The molecule has 1 amide bonds. The molecule has 3 aromatic carbocycles. The number of carbonyl (C=O) groups is 1. The monoisotopic (exact) mass is 471 g/mol. The number of halogens is 1. The van der Waals surface area contributed by atoms with E-state index in [-0.39, 0.29) is 29.5 Å². The average Bonchev–Trinajstić information content (AvgIpc) is 3.12. The van der Waals surface area contributed by atoms with Crippen molar-refractivity contribution >= 4 is 16.9 Å². The molecule has 0 aliphatic carbocycles. The second kappa shape index (κ2) is 9.37. The number of amides is 1. The molecule has 1 atom stereocenters. The zero-order valence-electron chi connectivity index (χ0n) is 19.7. The van der Waals surface area contributed by atoms with E-state index in [0.29, 0.717) is 34.8 Å². The van der Waals surface area contributed by atoms with E-state index in [1.165, 1.54) is 12.1 Å². The minimum atomic E-state index is -0.656. The van der Waals surface area contributed by atoms with Gasteiger partial charge in [0.15, 0.2) is 5.43 Å². The van der Waals surface area contributed by atoms with E-state index >= 15 is 0 Å². The van der Waals surface area contributed by atoms with Gasteiger partial charge < -0.3 is 14.1 Å². The number of para-hydroxylation sites is 1. The SMILES string of the molecule is CC(C)CCOc1cccc(C2c3c(oc4ccccc4c3=O)C(=O)N2Cc2ccc(F)cc2)c1. The third-order valence-electron chi connectivity index (χ3n) is 6.28. The maximum Gasteiger partial charge on any atom is 0.291 e. The van der Waals surface area contributed by atoms with Crippen molar-refractivity contribution < 1.29 is 18.3 Å². The van der Waals surface area contributed by atoms with Crippen LogP contribution in [0.4, 0.5) is 4.39 Å². The first-order valence-corrected chi connectivity index (χ1v) is 11.8. The highest BCUT2D eigenvalue weighted by atomic mass is 19.1. The van der Waals surface area contributed by atoms with Crippen LogP contribution in [-0.2, 0) is 6.54 Å². The highest BCUT2D eigenvalue weighted by molar-refractivity contribution is 5.99. The number of rotatable bonds is 7. The van der Waals surface area contributed by atoms with Crippen LogP contribution in [0, 0.1) is 11.7 Å². The summed E-state index contributed by atoms with van der Waals surface area (Å²) in [5.74, 6) is 0.517. The Labute approximate surface area is 202 Å².